The normalized spacial score (nSPS) is 27.6. The van der Waals surface area contributed by atoms with Gasteiger partial charge in [-0.15, -0.1) is 0 Å². The molecule has 0 aromatic rings. The van der Waals surface area contributed by atoms with E-state index < -0.39 is 124 Å². The number of carbonyl (C=O) groups excluding carboxylic acids is 1. The number of hydrogen-bond acceptors (Lipinski definition) is 18. The summed E-state index contributed by atoms with van der Waals surface area (Å²) in [4.78, 5) is 13.5. The van der Waals surface area contributed by atoms with Crippen LogP contribution in [-0.2, 0) is 33.2 Å². The SMILES string of the molecule is CC/C=C\C/C=C\C/C=C\C/C=C\CCCCCCCCCCCCCCCCC(=O)NC(COC1OC(CO)C(OC2OC(CO)C(OC3OC(CO)C(O)C(O)C3O)C(O)C2O)C(O)C1O)C(O)CCCCCCCCCCCCCCCCCCCCCCCC. The molecule has 0 aliphatic carbocycles. The van der Waals surface area contributed by atoms with Crippen LogP contribution in [0.5, 0.6) is 0 Å². The fraction of sp³-hybridized carbons (Fsp3) is 0.880. The van der Waals surface area contributed by atoms with Crippen LogP contribution in [0.1, 0.15) is 290 Å². The lowest BCUT2D eigenvalue weighted by molar-refractivity contribution is -0.379. The van der Waals surface area contributed by atoms with E-state index in [-0.39, 0.29) is 18.9 Å². The van der Waals surface area contributed by atoms with Gasteiger partial charge in [-0.2, -0.15) is 0 Å². The number of hydrogen-bond donors (Lipinski definition) is 12. The van der Waals surface area contributed by atoms with Crippen LogP contribution in [0.3, 0.4) is 0 Å². The van der Waals surface area contributed by atoms with Gasteiger partial charge in [-0.05, 0) is 51.4 Å². The first-order valence-electron chi connectivity index (χ1n) is 37.9. The van der Waals surface area contributed by atoms with Crippen LogP contribution in [-0.4, -0.2) is 193 Å². The third kappa shape index (κ3) is 37.3. The second kappa shape index (κ2) is 56.5. The summed E-state index contributed by atoms with van der Waals surface area (Å²) in [5.41, 5.74) is 0. The standard InChI is InChI=1S/C75H137NO18/c1-3-5-7-9-11-13-15-17-19-21-23-25-27-28-29-30-31-33-35-37-39-41-43-45-47-49-51-53-63(81)76-58(59(80)52-50-48-46-44-42-40-38-36-34-32-26-24-22-20-18-16-14-12-10-8-6-4-2)57-89-73-69(87)66(84)71(61(55-78)91-73)94-75-70(88)67(85)72(62(56-79)92-75)93-74-68(86)65(83)64(82)60(54-77)90-74/h5,7,11,13,17,19,23,25,58-62,64-75,77-80,82-88H,3-4,6,8-10,12,14-16,18,20-22,24,26-57H2,1-2H3,(H,76,81)/b7-5-,13-11-,19-17-,25-23-. The number of rotatable bonds is 59. The fourth-order valence-electron chi connectivity index (χ4n) is 12.8. The molecular weight excluding hydrogens is 1200 g/mol. The number of amides is 1. The number of ether oxygens (including phenoxy) is 6. The molecule has 0 saturated carbocycles. The highest BCUT2D eigenvalue weighted by molar-refractivity contribution is 5.76. The molecule has 3 fully saturated rings. The Morgan fingerprint density at radius 3 is 1.15 bits per heavy atom. The molecule has 0 aromatic heterocycles. The van der Waals surface area contributed by atoms with Crippen molar-refractivity contribution in [2.75, 3.05) is 26.4 Å². The zero-order valence-electron chi connectivity index (χ0n) is 58.4. The Balaban J connectivity index is 1.39. The molecule has 1 amide bonds. The van der Waals surface area contributed by atoms with E-state index in [1.54, 1.807) is 0 Å². The molecule has 550 valence electrons. The molecular formula is C75H137NO18. The van der Waals surface area contributed by atoms with E-state index in [4.69, 9.17) is 28.4 Å². The van der Waals surface area contributed by atoms with Gasteiger partial charge in [0.2, 0.25) is 5.91 Å². The highest BCUT2D eigenvalue weighted by Crippen LogP contribution is 2.33. The zero-order chi connectivity index (χ0) is 68.2. The molecule has 3 saturated heterocycles. The van der Waals surface area contributed by atoms with Crippen molar-refractivity contribution in [3.8, 4) is 0 Å². The lowest BCUT2D eigenvalue weighted by Gasteiger charge is -2.48. The van der Waals surface area contributed by atoms with E-state index >= 15 is 0 Å². The minimum atomic E-state index is -1.97. The summed E-state index contributed by atoms with van der Waals surface area (Å²) in [5, 5.41) is 121. The molecule has 17 atom stereocenters. The lowest BCUT2D eigenvalue weighted by Crippen LogP contribution is -2.66. The number of aliphatic hydroxyl groups excluding tert-OH is 11. The molecule has 3 rings (SSSR count). The summed E-state index contributed by atoms with van der Waals surface area (Å²) < 4.78 is 34.5. The van der Waals surface area contributed by atoms with Crippen molar-refractivity contribution in [3.63, 3.8) is 0 Å². The van der Waals surface area contributed by atoms with Crippen molar-refractivity contribution in [2.24, 2.45) is 0 Å². The van der Waals surface area contributed by atoms with E-state index in [1.165, 1.54) is 186 Å². The van der Waals surface area contributed by atoms with Gasteiger partial charge in [-0.1, -0.05) is 281 Å². The summed E-state index contributed by atoms with van der Waals surface area (Å²) in [5.74, 6) is -0.241. The average molecular weight is 1340 g/mol. The molecule has 3 aliphatic rings. The molecule has 17 unspecified atom stereocenters. The first kappa shape index (κ1) is 86.0. The van der Waals surface area contributed by atoms with E-state index in [2.05, 4.69) is 67.8 Å². The van der Waals surface area contributed by atoms with Crippen molar-refractivity contribution < 1.29 is 89.4 Å². The molecule has 19 heteroatoms. The zero-order valence-corrected chi connectivity index (χ0v) is 58.4. The van der Waals surface area contributed by atoms with Crippen LogP contribution in [0, 0.1) is 0 Å². The molecule has 0 radical (unpaired) electrons. The second-order valence-corrected chi connectivity index (χ2v) is 27.1. The summed E-state index contributed by atoms with van der Waals surface area (Å²) in [7, 11) is 0. The van der Waals surface area contributed by atoms with Gasteiger partial charge in [0.15, 0.2) is 18.9 Å². The van der Waals surface area contributed by atoms with Gasteiger partial charge in [-0.3, -0.25) is 4.79 Å². The maximum Gasteiger partial charge on any atom is 0.220 e. The number of unbranched alkanes of at least 4 members (excludes halogenated alkanes) is 35. The first-order valence-corrected chi connectivity index (χ1v) is 37.9. The fourth-order valence-corrected chi connectivity index (χ4v) is 12.8. The number of aliphatic hydroxyl groups is 11. The molecule has 0 spiro atoms. The molecule has 12 N–H and O–H groups in total. The number of nitrogens with one attached hydrogen (secondary N) is 1. The third-order valence-electron chi connectivity index (χ3n) is 18.9. The van der Waals surface area contributed by atoms with E-state index in [1.807, 2.05) is 0 Å². The minimum Gasteiger partial charge on any atom is -0.394 e. The van der Waals surface area contributed by atoms with Gasteiger partial charge in [0.05, 0.1) is 38.6 Å². The van der Waals surface area contributed by atoms with Gasteiger partial charge >= 0.3 is 0 Å². The van der Waals surface area contributed by atoms with Crippen LogP contribution < -0.4 is 5.32 Å². The topological polar surface area (TPSA) is 307 Å². The van der Waals surface area contributed by atoms with Crippen molar-refractivity contribution in [1.29, 1.82) is 0 Å². The largest absolute Gasteiger partial charge is 0.394 e. The van der Waals surface area contributed by atoms with Crippen molar-refractivity contribution in [3.05, 3.63) is 48.6 Å². The van der Waals surface area contributed by atoms with Crippen LogP contribution >= 0.6 is 0 Å². The number of allylic oxidation sites excluding steroid dienone is 8. The monoisotopic (exact) mass is 1340 g/mol. The van der Waals surface area contributed by atoms with Crippen molar-refractivity contribution in [1.82, 2.24) is 5.32 Å². The van der Waals surface area contributed by atoms with Crippen molar-refractivity contribution >= 4 is 5.91 Å². The Hall–Kier alpha value is -2.25. The van der Waals surface area contributed by atoms with Gasteiger partial charge in [0.1, 0.15) is 73.2 Å². The highest BCUT2D eigenvalue weighted by atomic mass is 16.8. The lowest BCUT2D eigenvalue weighted by atomic mass is 9.96. The summed E-state index contributed by atoms with van der Waals surface area (Å²) in [6.07, 6.45) is 41.8. The molecule has 3 heterocycles. The quantitative estimate of drug-likeness (QED) is 0.0199. The highest BCUT2D eigenvalue weighted by Gasteiger charge is 2.53. The molecule has 94 heavy (non-hydrogen) atoms. The van der Waals surface area contributed by atoms with E-state index in [0.717, 1.165) is 70.6 Å². The first-order chi connectivity index (χ1) is 45.8. The average Bonchev–Trinajstić information content (AvgIpc) is 0.787. The van der Waals surface area contributed by atoms with Crippen LogP contribution in [0.4, 0.5) is 0 Å². The maximum absolute atomic E-state index is 13.5. The Kier molecular flexibility index (Phi) is 51.7. The second-order valence-electron chi connectivity index (χ2n) is 27.1. The number of carbonyl (C=O) groups is 1. The minimum absolute atomic E-state index is 0.241. The summed E-state index contributed by atoms with van der Waals surface area (Å²) in [6, 6.07) is -0.890. The predicted molar refractivity (Wildman–Crippen MR) is 369 cm³/mol. The Labute approximate surface area is 567 Å². The Morgan fingerprint density at radius 2 is 0.734 bits per heavy atom. The van der Waals surface area contributed by atoms with Gasteiger partial charge in [-0.25, -0.2) is 0 Å². The molecule has 0 aromatic carbocycles. The Bertz CT molecular complexity index is 1890. The molecule has 3 aliphatic heterocycles. The maximum atomic E-state index is 13.5. The van der Waals surface area contributed by atoms with Crippen LogP contribution in [0.15, 0.2) is 48.6 Å². The van der Waals surface area contributed by atoms with E-state index in [9.17, 15) is 61.0 Å². The third-order valence-corrected chi connectivity index (χ3v) is 18.9. The predicted octanol–water partition coefficient (Wildman–Crippen LogP) is 11.3. The van der Waals surface area contributed by atoms with Gasteiger partial charge in [0.25, 0.3) is 0 Å². The smallest absolute Gasteiger partial charge is 0.220 e. The van der Waals surface area contributed by atoms with E-state index in [0.29, 0.717) is 12.8 Å². The molecule has 0 bridgehead atoms. The Morgan fingerprint density at radius 1 is 0.394 bits per heavy atom. The van der Waals surface area contributed by atoms with Crippen LogP contribution in [0.2, 0.25) is 0 Å². The van der Waals surface area contributed by atoms with Crippen molar-refractivity contribution in [2.45, 2.75) is 394 Å². The summed E-state index contributed by atoms with van der Waals surface area (Å²) >= 11 is 0. The van der Waals surface area contributed by atoms with Crippen LogP contribution in [0.25, 0.3) is 0 Å². The van der Waals surface area contributed by atoms with Gasteiger partial charge < -0.3 is 89.9 Å². The summed E-state index contributed by atoms with van der Waals surface area (Å²) in [6.45, 7) is 1.72. The molecule has 19 nitrogen and oxygen atoms in total. The van der Waals surface area contributed by atoms with Gasteiger partial charge in [0, 0.05) is 6.42 Å².